The van der Waals surface area contributed by atoms with Crippen LogP contribution in [0.25, 0.3) is 0 Å². The number of hydrogen-bond acceptors (Lipinski definition) is 2. The fourth-order valence-corrected chi connectivity index (χ4v) is 2.80. The van der Waals surface area contributed by atoms with Gasteiger partial charge in [0.25, 0.3) is 0 Å². The molecule has 2 nitrogen and oxygen atoms in total. The normalized spacial score (nSPS) is 29.4. The maximum Gasteiger partial charge on any atom is 0.0369 e. The molecule has 1 aliphatic heterocycles. The Bertz CT molecular complexity index is 394. The van der Waals surface area contributed by atoms with Crippen LogP contribution in [0.5, 0.6) is 0 Å². The highest BCUT2D eigenvalue weighted by atomic mass is 15.2. The van der Waals surface area contributed by atoms with Gasteiger partial charge in [-0.05, 0) is 43.0 Å². The minimum Gasteiger partial charge on any atom is -0.369 e. The van der Waals surface area contributed by atoms with Crippen molar-refractivity contribution in [2.24, 2.45) is 5.92 Å². The van der Waals surface area contributed by atoms with Crippen molar-refractivity contribution in [2.75, 3.05) is 38.1 Å². The van der Waals surface area contributed by atoms with Gasteiger partial charge in [0.05, 0.1) is 0 Å². The minimum absolute atomic E-state index is 0.836. The molecule has 1 saturated carbocycles. The zero-order valence-electron chi connectivity index (χ0n) is 10.9. The maximum absolute atomic E-state index is 2.52. The molecule has 1 heterocycles. The van der Waals surface area contributed by atoms with Crippen molar-refractivity contribution in [1.82, 2.24) is 4.90 Å². The van der Waals surface area contributed by atoms with Crippen LogP contribution in [-0.2, 0) is 0 Å². The van der Waals surface area contributed by atoms with Crippen LogP contribution in [-0.4, -0.2) is 38.1 Å². The topological polar surface area (TPSA) is 6.48 Å². The van der Waals surface area contributed by atoms with Crippen LogP contribution in [0.1, 0.15) is 24.8 Å². The zero-order valence-corrected chi connectivity index (χ0v) is 10.9. The Morgan fingerprint density at radius 1 is 1.12 bits per heavy atom. The van der Waals surface area contributed by atoms with Gasteiger partial charge in [0.15, 0.2) is 0 Å². The monoisotopic (exact) mass is 230 g/mol. The lowest BCUT2D eigenvalue weighted by Gasteiger charge is -2.34. The number of nitrogens with zero attached hydrogens (tertiary/aromatic N) is 2. The van der Waals surface area contributed by atoms with E-state index in [1.165, 1.54) is 38.3 Å². The van der Waals surface area contributed by atoms with Crippen molar-refractivity contribution < 1.29 is 0 Å². The second kappa shape index (κ2) is 4.34. The van der Waals surface area contributed by atoms with E-state index in [4.69, 9.17) is 0 Å². The smallest absolute Gasteiger partial charge is 0.0369 e. The van der Waals surface area contributed by atoms with Gasteiger partial charge in [0.2, 0.25) is 0 Å². The average molecular weight is 230 g/mol. The van der Waals surface area contributed by atoms with E-state index in [0.29, 0.717) is 0 Å². The molecule has 2 unspecified atom stereocenters. The lowest BCUT2D eigenvalue weighted by atomic mass is 10.1. The Morgan fingerprint density at radius 2 is 1.82 bits per heavy atom. The van der Waals surface area contributed by atoms with Crippen molar-refractivity contribution in [3.63, 3.8) is 0 Å². The second-order valence-electron chi connectivity index (χ2n) is 5.70. The van der Waals surface area contributed by atoms with Crippen LogP contribution in [0.15, 0.2) is 24.3 Å². The molecular formula is C15H22N2. The standard InChI is InChI=1S/C15H22N2/c1-12-10-15(12)13-4-3-5-14(11-13)17-8-6-16(2)7-9-17/h3-5,11-12,15H,6-10H2,1-2H3. The number of hydrogen-bond donors (Lipinski definition) is 0. The first-order valence-corrected chi connectivity index (χ1v) is 6.77. The van der Waals surface area contributed by atoms with Crippen molar-refractivity contribution in [3.8, 4) is 0 Å². The van der Waals surface area contributed by atoms with Crippen LogP contribution < -0.4 is 4.90 Å². The van der Waals surface area contributed by atoms with E-state index in [1.54, 1.807) is 5.56 Å². The lowest BCUT2D eigenvalue weighted by Crippen LogP contribution is -2.44. The third kappa shape index (κ3) is 2.32. The van der Waals surface area contributed by atoms with Crippen LogP contribution in [0.2, 0.25) is 0 Å². The van der Waals surface area contributed by atoms with Crippen LogP contribution >= 0.6 is 0 Å². The van der Waals surface area contributed by atoms with Gasteiger partial charge in [-0.2, -0.15) is 0 Å². The predicted molar refractivity (Wildman–Crippen MR) is 72.7 cm³/mol. The van der Waals surface area contributed by atoms with Crippen molar-refractivity contribution in [2.45, 2.75) is 19.3 Å². The predicted octanol–water partition coefficient (Wildman–Crippen LogP) is 2.56. The molecule has 92 valence electrons. The van der Waals surface area contributed by atoms with Gasteiger partial charge in [-0.3, -0.25) is 0 Å². The van der Waals surface area contributed by atoms with Crippen molar-refractivity contribution in [3.05, 3.63) is 29.8 Å². The van der Waals surface area contributed by atoms with Gasteiger partial charge < -0.3 is 9.80 Å². The number of rotatable bonds is 2. The van der Waals surface area contributed by atoms with Crippen LogP contribution in [0.3, 0.4) is 0 Å². The Labute approximate surface area is 104 Å². The first-order chi connectivity index (χ1) is 8.24. The minimum atomic E-state index is 0.836. The van der Waals surface area contributed by atoms with E-state index in [-0.39, 0.29) is 0 Å². The summed E-state index contributed by atoms with van der Waals surface area (Å²) in [5.41, 5.74) is 2.98. The second-order valence-corrected chi connectivity index (χ2v) is 5.70. The SMILES string of the molecule is CC1CC1c1cccc(N2CCN(C)CC2)c1. The van der Waals surface area contributed by atoms with Crippen molar-refractivity contribution >= 4 is 5.69 Å². The van der Waals surface area contributed by atoms with E-state index in [9.17, 15) is 0 Å². The highest BCUT2D eigenvalue weighted by Gasteiger charge is 2.34. The third-order valence-corrected chi connectivity index (χ3v) is 4.28. The molecule has 0 amide bonds. The van der Waals surface area contributed by atoms with Crippen LogP contribution in [0.4, 0.5) is 5.69 Å². The van der Waals surface area contributed by atoms with E-state index < -0.39 is 0 Å². The van der Waals surface area contributed by atoms with Gasteiger partial charge in [-0.25, -0.2) is 0 Å². The summed E-state index contributed by atoms with van der Waals surface area (Å²) in [4.78, 5) is 4.93. The summed E-state index contributed by atoms with van der Waals surface area (Å²) in [6.45, 7) is 7.06. The van der Waals surface area contributed by atoms with E-state index >= 15 is 0 Å². The molecule has 1 saturated heterocycles. The molecule has 0 bridgehead atoms. The summed E-state index contributed by atoms with van der Waals surface area (Å²) in [6, 6.07) is 9.21. The molecule has 2 fully saturated rings. The molecule has 1 aliphatic carbocycles. The van der Waals surface area contributed by atoms with E-state index in [1.807, 2.05) is 0 Å². The highest BCUT2D eigenvalue weighted by Crippen LogP contribution is 2.47. The van der Waals surface area contributed by atoms with Crippen LogP contribution in [0, 0.1) is 5.92 Å². The quantitative estimate of drug-likeness (QED) is 0.770. The Hall–Kier alpha value is -1.02. The third-order valence-electron chi connectivity index (χ3n) is 4.28. The molecule has 17 heavy (non-hydrogen) atoms. The lowest BCUT2D eigenvalue weighted by molar-refractivity contribution is 0.313. The number of piperazine rings is 1. The van der Waals surface area contributed by atoms with Gasteiger partial charge >= 0.3 is 0 Å². The molecule has 1 aromatic rings. The fourth-order valence-electron chi connectivity index (χ4n) is 2.80. The molecule has 1 aromatic carbocycles. The largest absolute Gasteiger partial charge is 0.369 e. The number of likely N-dealkylation sites (N-methyl/N-ethyl adjacent to an activating group) is 1. The summed E-state index contributed by atoms with van der Waals surface area (Å²) in [5, 5.41) is 0. The molecule has 2 heteroatoms. The highest BCUT2D eigenvalue weighted by molar-refractivity contribution is 5.50. The van der Waals surface area contributed by atoms with Gasteiger partial charge in [-0.15, -0.1) is 0 Å². The average Bonchev–Trinajstić information content (AvgIpc) is 3.08. The summed E-state index contributed by atoms with van der Waals surface area (Å²) in [6.07, 6.45) is 1.38. The molecule has 0 spiro atoms. The summed E-state index contributed by atoms with van der Waals surface area (Å²) in [7, 11) is 2.21. The zero-order chi connectivity index (χ0) is 11.8. The molecule has 2 aliphatic rings. The molecule has 0 N–H and O–H groups in total. The number of benzene rings is 1. The molecular weight excluding hydrogens is 208 g/mol. The van der Waals surface area contributed by atoms with Crippen molar-refractivity contribution in [1.29, 1.82) is 0 Å². The molecule has 0 aromatic heterocycles. The van der Waals surface area contributed by atoms with E-state index in [2.05, 4.69) is 48.0 Å². The first kappa shape index (κ1) is 11.1. The summed E-state index contributed by atoms with van der Waals surface area (Å²) in [5.74, 6) is 1.74. The fraction of sp³-hybridized carbons (Fsp3) is 0.600. The Balaban J connectivity index is 1.74. The van der Waals surface area contributed by atoms with E-state index in [0.717, 1.165) is 11.8 Å². The molecule has 2 atom stereocenters. The Kier molecular flexibility index (Phi) is 2.83. The summed E-state index contributed by atoms with van der Waals surface area (Å²) < 4.78 is 0. The van der Waals surface area contributed by atoms with Gasteiger partial charge in [0, 0.05) is 31.9 Å². The Morgan fingerprint density at radius 3 is 2.47 bits per heavy atom. The number of anilines is 1. The maximum atomic E-state index is 2.52. The molecule has 3 rings (SSSR count). The summed E-state index contributed by atoms with van der Waals surface area (Å²) >= 11 is 0. The first-order valence-electron chi connectivity index (χ1n) is 6.77. The van der Waals surface area contributed by atoms with Gasteiger partial charge in [-0.1, -0.05) is 19.1 Å². The van der Waals surface area contributed by atoms with Gasteiger partial charge in [0.1, 0.15) is 0 Å². The molecule has 0 radical (unpaired) electrons.